The SMILES string of the molecule is CCCCC/C=C\C/C=C\CCCCCCCCCCCC(=O)NC(COP(=O)([O-])OCC[N+](C)(C)C)C(O)/C=C/CC/C=C/CC/C=C/CCCCCCCCCCCCCCCC. The summed E-state index contributed by atoms with van der Waals surface area (Å²) < 4.78 is 23.3. The van der Waals surface area contributed by atoms with Gasteiger partial charge in [-0.1, -0.05) is 216 Å². The molecule has 380 valence electrons. The van der Waals surface area contributed by atoms with Crippen molar-refractivity contribution in [2.75, 3.05) is 40.9 Å². The summed E-state index contributed by atoms with van der Waals surface area (Å²) in [5.74, 6) is -0.216. The number of allylic oxidation sites excluding steroid dienone is 9. The van der Waals surface area contributed by atoms with E-state index in [1.54, 1.807) is 6.08 Å². The first kappa shape index (κ1) is 63.2. The summed E-state index contributed by atoms with van der Waals surface area (Å²) in [6, 6.07) is -0.914. The van der Waals surface area contributed by atoms with Crippen molar-refractivity contribution in [2.24, 2.45) is 0 Å². The van der Waals surface area contributed by atoms with Gasteiger partial charge in [-0.15, -0.1) is 0 Å². The van der Waals surface area contributed by atoms with E-state index in [2.05, 4.69) is 67.8 Å². The molecule has 0 heterocycles. The van der Waals surface area contributed by atoms with Crippen LogP contribution in [-0.4, -0.2) is 68.5 Å². The Hall–Kier alpha value is -1.80. The van der Waals surface area contributed by atoms with Crippen LogP contribution in [0.2, 0.25) is 0 Å². The number of phosphoric ester groups is 1. The Bertz CT molecular complexity index is 1240. The number of nitrogens with zero attached hydrogens (tertiary/aromatic N) is 1. The topological polar surface area (TPSA) is 108 Å². The average molecular weight is 933 g/mol. The van der Waals surface area contributed by atoms with Crippen molar-refractivity contribution in [1.82, 2.24) is 5.32 Å². The third-order valence-electron chi connectivity index (χ3n) is 11.9. The van der Waals surface area contributed by atoms with Crippen molar-refractivity contribution in [3.8, 4) is 0 Å². The Morgan fingerprint density at radius 1 is 0.538 bits per heavy atom. The number of rotatable bonds is 49. The van der Waals surface area contributed by atoms with Gasteiger partial charge in [0.05, 0.1) is 39.9 Å². The quantitative estimate of drug-likeness (QED) is 0.0272. The second kappa shape index (κ2) is 47.3. The third-order valence-corrected chi connectivity index (χ3v) is 12.9. The number of nitrogens with one attached hydrogen (secondary N) is 1. The lowest BCUT2D eigenvalue weighted by Gasteiger charge is -2.29. The van der Waals surface area contributed by atoms with E-state index in [1.807, 2.05) is 27.2 Å². The zero-order valence-corrected chi connectivity index (χ0v) is 44.1. The van der Waals surface area contributed by atoms with Crippen LogP contribution in [0.5, 0.6) is 0 Å². The van der Waals surface area contributed by atoms with Crippen LogP contribution in [0.1, 0.15) is 239 Å². The molecule has 0 fully saturated rings. The minimum Gasteiger partial charge on any atom is -0.756 e. The molecule has 0 spiro atoms. The van der Waals surface area contributed by atoms with Crippen LogP contribution < -0.4 is 10.2 Å². The summed E-state index contributed by atoms with van der Waals surface area (Å²) in [5, 5.41) is 13.8. The van der Waals surface area contributed by atoms with Gasteiger partial charge < -0.3 is 28.8 Å². The fourth-order valence-electron chi connectivity index (χ4n) is 7.63. The average Bonchev–Trinajstić information content (AvgIpc) is 3.26. The van der Waals surface area contributed by atoms with Gasteiger partial charge in [0, 0.05) is 6.42 Å². The molecule has 0 aliphatic carbocycles. The van der Waals surface area contributed by atoms with Gasteiger partial charge in [-0.05, 0) is 77.0 Å². The molecule has 0 saturated carbocycles. The minimum absolute atomic E-state index is 0.0116. The van der Waals surface area contributed by atoms with Crippen molar-refractivity contribution in [3.63, 3.8) is 0 Å². The van der Waals surface area contributed by atoms with Crippen molar-refractivity contribution in [2.45, 2.75) is 251 Å². The van der Waals surface area contributed by atoms with Crippen LogP contribution in [0.4, 0.5) is 0 Å². The number of amides is 1. The first-order valence-electron chi connectivity index (χ1n) is 27.2. The molecule has 0 bridgehead atoms. The zero-order valence-electron chi connectivity index (χ0n) is 43.2. The fourth-order valence-corrected chi connectivity index (χ4v) is 8.35. The Balaban J connectivity index is 4.35. The molecule has 0 aromatic carbocycles. The van der Waals surface area contributed by atoms with Crippen LogP contribution in [0.3, 0.4) is 0 Å². The van der Waals surface area contributed by atoms with Gasteiger partial charge in [0.2, 0.25) is 5.91 Å². The largest absolute Gasteiger partial charge is 0.756 e. The molecular weight excluding hydrogens is 828 g/mol. The summed E-state index contributed by atoms with van der Waals surface area (Å²) in [6.45, 7) is 4.60. The highest BCUT2D eigenvalue weighted by Gasteiger charge is 2.23. The van der Waals surface area contributed by atoms with E-state index in [1.165, 1.54) is 167 Å². The number of likely N-dealkylation sites (N-methyl/N-ethyl adjacent to an activating group) is 1. The van der Waals surface area contributed by atoms with Crippen molar-refractivity contribution in [1.29, 1.82) is 0 Å². The smallest absolute Gasteiger partial charge is 0.268 e. The second-order valence-corrected chi connectivity index (χ2v) is 21.0. The molecule has 0 aliphatic rings. The fraction of sp³-hybridized carbons (Fsp3) is 0.804. The van der Waals surface area contributed by atoms with Gasteiger partial charge >= 0.3 is 0 Å². The summed E-state index contributed by atoms with van der Waals surface area (Å²) in [4.78, 5) is 25.4. The molecule has 9 heteroatoms. The van der Waals surface area contributed by atoms with Crippen LogP contribution in [0, 0.1) is 0 Å². The first-order chi connectivity index (χ1) is 31.5. The summed E-state index contributed by atoms with van der Waals surface area (Å²) >= 11 is 0. The van der Waals surface area contributed by atoms with Crippen molar-refractivity contribution >= 4 is 13.7 Å². The third kappa shape index (κ3) is 49.9. The lowest BCUT2D eigenvalue weighted by molar-refractivity contribution is -0.870. The molecule has 8 nitrogen and oxygen atoms in total. The maximum Gasteiger partial charge on any atom is 0.268 e. The van der Waals surface area contributed by atoms with E-state index in [4.69, 9.17) is 9.05 Å². The van der Waals surface area contributed by atoms with Gasteiger partial charge in [-0.25, -0.2) is 0 Å². The van der Waals surface area contributed by atoms with Gasteiger partial charge in [0.15, 0.2) is 0 Å². The molecule has 3 unspecified atom stereocenters. The van der Waals surface area contributed by atoms with E-state index in [0.29, 0.717) is 17.4 Å². The molecule has 0 saturated heterocycles. The minimum atomic E-state index is -4.61. The maximum atomic E-state index is 12.9. The molecule has 2 N–H and O–H groups in total. The molecule has 0 aliphatic heterocycles. The summed E-state index contributed by atoms with van der Waals surface area (Å²) in [7, 11) is 1.23. The molecule has 1 amide bonds. The van der Waals surface area contributed by atoms with Gasteiger partial charge in [0.25, 0.3) is 7.82 Å². The highest BCUT2D eigenvalue weighted by Crippen LogP contribution is 2.38. The summed E-state index contributed by atoms with van der Waals surface area (Å²) in [6.07, 6.45) is 62.9. The number of phosphoric acid groups is 1. The number of quaternary nitrogens is 1. The highest BCUT2D eigenvalue weighted by molar-refractivity contribution is 7.45. The number of carbonyl (C=O) groups excluding carboxylic acids is 1. The molecular formula is C56H105N2O6P. The number of aliphatic hydroxyl groups excluding tert-OH is 1. The molecule has 0 radical (unpaired) electrons. The lowest BCUT2D eigenvalue weighted by Crippen LogP contribution is -2.45. The Morgan fingerprint density at radius 3 is 1.37 bits per heavy atom. The Labute approximate surface area is 402 Å². The zero-order chi connectivity index (χ0) is 47.8. The van der Waals surface area contributed by atoms with E-state index in [9.17, 15) is 19.4 Å². The first-order valence-corrected chi connectivity index (χ1v) is 28.6. The molecule has 65 heavy (non-hydrogen) atoms. The van der Waals surface area contributed by atoms with Crippen LogP contribution in [0.15, 0.2) is 60.8 Å². The molecule has 0 rings (SSSR count). The Morgan fingerprint density at radius 2 is 0.908 bits per heavy atom. The number of carbonyl (C=O) groups is 1. The number of hydrogen-bond acceptors (Lipinski definition) is 6. The van der Waals surface area contributed by atoms with Gasteiger partial charge in [-0.3, -0.25) is 9.36 Å². The molecule has 0 aromatic rings. The van der Waals surface area contributed by atoms with Crippen LogP contribution in [-0.2, 0) is 18.4 Å². The lowest BCUT2D eigenvalue weighted by atomic mass is 10.0. The normalized spacial score (nSPS) is 14.5. The van der Waals surface area contributed by atoms with Crippen LogP contribution >= 0.6 is 7.82 Å². The Kier molecular flexibility index (Phi) is 46.0. The van der Waals surface area contributed by atoms with Gasteiger partial charge in [-0.2, -0.15) is 0 Å². The van der Waals surface area contributed by atoms with Gasteiger partial charge in [0.1, 0.15) is 13.2 Å². The van der Waals surface area contributed by atoms with Crippen molar-refractivity contribution < 1.29 is 32.9 Å². The number of unbranched alkanes of at least 4 members (excludes halogenated alkanes) is 28. The van der Waals surface area contributed by atoms with E-state index < -0.39 is 26.6 Å². The van der Waals surface area contributed by atoms with E-state index in [0.717, 1.165) is 51.4 Å². The monoisotopic (exact) mass is 933 g/mol. The molecule has 3 atom stereocenters. The number of aliphatic hydroxyl groups is 1. The second-order valence-electron chi connectivity index (χ2n) is 19.6. The molecule has 0 aromatic heterocycles. The number of hydrogen-bond donors (Lipinski definition) is 2. The summed E-state index contributed by atoms with van der Waals surface area (Å²) in [5.41, 5.74) is 0. The predicted molar refractivity (Wildman–Crippen MR) is 279 cm³/mol. The highest BCUT2D eigenvalue weighted by atomic mass is 31.2. The standard InChI is InChI=1S/C56H105N2O6P/c1-6-8-10-12-14-16-18-20-22-24-26-27-28-29-30-32-33-35-37-39-41-43-45-47-49-55(59)54(53-64-65(61,62)63-52-51-58(3,4)5)57-56(60)50-48-46-44-42-40-38-36-34-31-25-23-21-19-17-15-13-11-9-7-2/h15,17,21,23,32-33,39,41,47,49,54-55,59H,6-14,16,18-20,22,24-31,34-38,40,42-46,48,50-53H2,1-5H3,(H-,57,60,61,62)/b17-15-,23-21-,33-32+,41-39+,49-47+. The van der Waals surface area contributed by atoms with E-state index >= 15 is 0 Å². The predicted octanol–water partition coefficient (Wildman–Crippen LogP) is 15.5. The van der Waals surface area contributed by atoms with Crippen LogP contribution in [0.25, 0.3) is 0 Å². The van der Waals surface area contributed by atoms with E-state index in [-0.39, 0.29) is 12.5 Å². The maximum absolute atomic E-state index is 12.9. The van der Waals surface area contributed by atoms with Crippen molar-refractivity contribution in [3.05, 3.63) is 60.8 Å².